The number of aromatic nitrogens is 1. The van der Waals surface area contributed by atoms with E-state index in [1.165, 1.54) is 0 Å². The molecule has 19 heavy (non-hydrogen) atoms. The van der Waals surface area contributed by atoms with E-state index in [-0.39, 0.29) is 23.7 Å². The summed E-state index contributed by atoms with van der Waals surface area (Å²) in [5.41, 5.74) is 0.0513. The van der Waals surface area contributed by atoms with Crippen LogP contribution < -0.4 is 10.6 Å². The van der Waals surface area contributed by atoms with E-state index in [1.54, 1.807) is 0 Å². The van der Waals surface area contributed by atoms with Crippen LogP contribution in [0, 0.1) is 5.82 Å². The Kier molecular flexibility index (Phi) is 5.22. The Morgan fingerprint density at radius 2 is 2.16 bits per heavy atom. The Labute approximate surface area is 111 Å². The molecule has 106 valence electrons. The van der Waals surface area contributed by atoms with Gasteiger partial charge in [0.05, 0.1) is 17.5 Å². The van der Waals surface area contributed by atoms with Gasteiger partial charge in [-0.1, -0.05) is 0 Å². The van der Waals surface area contributed by atoms with Crippen LogP contribution in [0.25, 0.3) is 0 Å². The topological polar surface area (TPSA) is 88.2 Å². The van der Waals surface area contributed by atoms with Gasteiger partial charge in [-0.3, -0.25) is 4.79 Å². The van der Waals surface area contributed by atoms with E-state index in [1.807, 2.05) is 6.92 Å². The van der Waals surface area contributed by atoms with Crippen LogP contribution in [0.2, 0.25) is 0 Å². The molecule has 0 atom stereocenters. The summed E-state index contributed by atoms with van der Waals surface area (Å²) in [5.74, 6) is -1.10. The smallest absolute Gasteiger partial charge is 0.255 e. The molecule has 0 radical (unpaired) electrons. The molecule has 0 aliphatic rings. The Morgan fingerprint density at radius 3 is 2.74 bits per heavy atom. The highest BCUT2D eigenvalue weighted by molar-refractivity contribution is 7.90. The van der Waals surface area contributed by atoms with E-state index >= 15 is 0 Å². The van der Waals surface area contributed by atoms with Gasteiger partial charge in [0.1, 0.15) is 21.5 Å². The van der Waals surface area contributed by atoms with Crippen LogP contribution in [0.5, 0.6) is 0 Å². The quantitative estimate of drug-likeness (QED) is 0.792. The number of halogens is 1. The van der Waals surface area contributed by atoms with Crippen molar-refractivity contribution in [2.45, 2.75) is 6.92 Å². The number of pyridine rings is 1. The van der Waals surface area contributed by atoms with Crippen LogP contribution in [0.4, 0.5) is 10.2 Å². The van der Waals surface area contributed by atoms with Crippen molar-refractivity contribution in [3.8, 4) is 0 Å². The first kappa shape index (κ1) is 15.4. The lowest BCUT2D eigenvalue weighted by Crippen LogP contribution is -2.29. The zero-order valence-electron chi connectivity index (χ0n) is 10.7. The predicted molar refractivity (Wildman–Crippen MR) is 70.4 cm³/mol. The summed E-state index contributed by atoms with van der Waals surface area (Å²) in [4.78, 5) is 15.6. The van der Waals surface area contributed by atoms with Crippen molar-refractivity contribution in [2.24, 2.45) is 0 Å². The summed E-state index contributed by atoms with van der Waals surface area (Å²) in [6.45, 7) is 2.32. The van der Waals surface area contributed by atoms with E-state index in [4.69, 9.17) is 0 Å². The van der Waals surface area contributed by atoms with Gasteiger partial charge >= 0.3 is 0 Å². The van der Waals surface area contributed by atoms with E-state index < -0.39 is 21.6 Å². The number of hydrogen-bond donors (Lipinski definition) is 2. The lowest BCUT2D eigenvalue weighted by atomic mass is 10.2. The molecule has 1 aromatic rings. The monoisotopic (exact) mass is 289 g/mol. The molecule has 0 aromatic carbocycles. The third kappa shape index (κ3) is 5.21. The maximum absolute atomic E-state index is 13.1. The van der Waals surface area contributed by atoms with Gasteiger partial charge < -0.3 is 10.6 Å². The van der Waals surface area contributed by atoms with E-state index in [0.717, 1.165) is 18.5 Å². The molecule has 0 saturated carbocycles. The first-order valence-corrected chi connectivity index (χ1v) is 7.75. The SMILES string of the molecule is CCNc1ncc(F)cc1C(=O)NCCS(C)(=O)=O. The molecule has 0 unspecified atom stereocenters. The van der Waals surface area contributed by atoms with E-state index in [0.29, 0.717) is 6.54 Å². The minimum absolute atomic E-state index is 0.0280. The largest absolute Gasteiger partial charge is 0.370 e. The Hall–Kier alpha value is -1.70. The second-order valence-corrected chi connectivity index (χ2v) is 6.23. The number of carbonyl (C=O) groups excluding carboxylic acids is 1. The van der Waals surface area contributed by atoms with Crippen molar-refractivity contribution in [2.75, 3.05) is 30.4 Å². The van der Waals surface area contributed by atoms with Gasteiger partial charge in [-0.2, -0.15) is 0 Å². The van der Waals surface area contributed by atoms with Crippen molar-refractivity contribution < 1.29 is 17.6 Å². The van der Waals surface area contributed by atoms with Crippen molar-refractivity contribution in [3.05, 3.63) is 23.6 Å². The third-order valence-corrected chi connectivity index (χ3v) is 3.15. The van der Waals surface area contributed by atoms with E-state index in [2.05, 4.69) is 15.6 Å². The minimum Gasteiger partial charge on any atom is -0.370 e. The van der Waals surface area contributed by atoms with Gasteiger partial charge in [0.2, 0.25) is 0 Å². The zero-order valence-corrected chi connectivity index (χ0v) is 11.6. The first-order chi connectivity index (χ1) is 8.83. The molecule has 1 amide bonds. The highest BCUT2D eigenvalue weighted by Gasteiger charge is 2.14. The first-order valence-electron chi connectivity index (χ1n) is 5.69. The number of carbonyl (C=O) groups is 1. The number of nitrogens with one attached hydrogen (secondary N) is 2. The number of sulfone groups is 1. The van der Waals surface area contributed by atoms with E-state index in [9.17, 15) is 17.6 Å². The summed E-state index contributed by atoms with van der Waals surface area (Å²) in [6.07, 6.45) is 2.08. The molecule has 0 saturated heterocycles. The molecule has 0 bridgehead atoms. The Morgan fingerprint density at radius 1 is 1.47 bits per heavy atom. The summed E-state index contributed by atoms with van der Waals surface area (Å²) >= 11 is 0. The van der Waals surface area contributed by atoms with Crippen LogP contribution in [-0.4, -0.2) is 44.4 Å². The summed E-state index contributed by atoms with van der Waals surface area (Å²) in [7, 11) is -3.15. The molecule has 0 fully saturated rings. The molecular formula is C11H16FN3O3S. The lowest BCUT2D eigenvalue weighted by molar-refractivity contribution is 0.0956. The second kappa shape index (κ2) is 6.46. The average molecular weight is 289 g/mol. The normalized spacial score (nSPS) is 11.1. The molecule has 1 heterocycles. The van der Waals surface area contributed by atoms with Crippen molar-refractivity contribution >= 4 is 21.6 Å². The third-order valence-electron chi connectivity index (χ3n) is 2.20. The van der Waals surface area contributed by atoms with Gasteiger partial charge in [0.15, 0.2) is 0 Å². The minimum atomic E-state index is -3.15. The van der Waals surface area contributed by atoms with Crippen molar-refractivity contribution in [3.63, 3.8) is 0 Å². The van der Waals surface area contributed by atoms with Crippen molar-refractivity contribution in [1.82, 2.24) is 10.3 Å². The van der Waals surface area contributed by atoms with Gasteiger partial charge in [0.25, 0.3) is 5.91 Å². The van der Waals surface area contributed by atoms with Crippen LogP contribution in [-0.2, 0) is 9.84 Å². The number of anilines is 1. The fourth-order valence-corrected chi connectivity index (χ4v) is 1.84. The molecule has 0 aliphatic heterocycles. The van der Waals surface area contributed by atoms with Crippen LogP contribution in [0.1, 0.15) is 17.3 Å². The van der Waals surface area contributed by atoms with Crippen LogP contribution in [0.3, 0.4) is 0 Å². The molecule has 1 aromatic heterocycles. The Bertz CT molecular complexity index is 560. The maximum atomic E-state index is 13.1. The molecular weight excluding hydrogens is 273 g/mol. The molecule has 1 rings (SSSR count). The number of rotatable bonds is 6. The average Bonchev–Trinajstić information content (AvgIpc) is 2.30. The maximum Gasteiger partial charge on any atom is 0.255 e. The van der Waals surface area contributed by atoms with Gasteiger partial charge in [-0.15, -0.1) is 0 Å². The summed E-state index contributed by atoms with van der Waals surface area (Å²) in [5, 5.41) is 5.25. The van der Waals surface area contributed by atoms with Crippen LogP contribution in [0.15, 0.2) is 12.3 Å². The highest BCUT2D eigenvalue weighted by atomic mass is 32.2. The number of amides is 1. The summed E-state index contributed by atoms with van der Waals surface area (Å²) < 4.78 is 35.0. The lowest BCUT2D eigenvalue weighted by Gasteiger charge is -2.10. The van der Waals surface area contributed by atoms with Crippen molar-refractivity contribution in [1.29, 1.82) is 0 Å². The van der Waals surface area contributed by atoms with Gasteiger partial charge in [-0.05, 0) is 13.0 Å². The zero-order chi connectivity index (χ0) is 14.5. The van der Waals surface area contributed by atoms with Gasteiger partial charge in [-0.25, -0.2) is 17.8 Å². The predicted octanol–water partition coefficient (Wildman–Crippen LogP) is 0.427. The molecule has 6 nitrogen and oxygen atoms in total. The van der Waals surface area contributed by atoms with Crippen LogP contribution >= 0.6 is 0 Å². The highest BCUT2D eigenvalue weighted by Crippen LogP contribution is 2.13. The fraction of sp³-hybridized carbons (Fsp3) is 0.455. The Balaban J connectivity index is 2.78. The molecule has 0 spiro atoms. The molecule has 8 heteroatoms. The number of nitrogens with zero attached hydrogens (tertiary/aromatic N) is 1. The summed E-state index contributed by atoms with van der Waals surface area (Å²) in [6, 6.07) is 1.06. The molecule has 2 N–H and O–H groups in total. The fourth-order valence-electron chi connectivity index (χ4n) is 1.37. The molecule has 0 aliphatic carbocycles. The number of hydrogen-bond acceptors (Lipinski definition) is 5. The van der Waals surface area contributed by atoms with Gasteiger partial charge in [0, 0.05) is 19.3 Å². The second-order valence-electron chi connectivity index (χ2n) is 3.97. The standard InChI is InChI=1S/C11H16FN3O3S/c1-3-13-10-9(6-8(12)7-15-10)11(16)14-4-5-19(2,17)18/h6-7H,3-5H2,1-2H3,(H,13,15)(H,14,16).